The van der Waals surface area contributed by atoms with Crippen LogP contribution < -0.4 is 5.32 Å². The van der Waals surface area contributed by atoms with E-state index in [0.29, 0.717) is 11.3 Å². The van der Waals surface area contributed by atoms with Crippen LogP contribution in [0.4, 0.5) is 0 Å². The maximum Gasteiger partial charge on any atom is 0.0208 e. The first kappa shape index (κ1) is 14.6. The zero-order valence-corrected chi connectivity index (χ0v) is 12.3. The van der Waals surface area contributed by atoms with Gasteiger partial charge in [-0.25, -0.2) is 0 Å². The number of thioether (sulfide) groups is 1. The third-order valence-electron chi connectivity index (χ3n) is 2.65. The normalized spacial score (nSPS) is 13.0. The van der Waals surface area contributed by atoms with E-state index in [1.165, 1.54) is 23.3 Å². The van der Waals surface area contributed by atoms with Gasteiger partial charge >= 0.3 is 0 Å². The highest BCUT2D eigenvalue weighted by molar-refractivity contribution is 7.99. The quantitative estimate of drug-likeness (QED) is 0.718. The van der Waals surface area contributed by atoms with E-state index in [0.717, 1.165) is 6.54 Å². The summed E-state index contributed by atoms with van der Waals surface area (Å²) >= 11 is 1.99. The molecule has 0 saturated heterocycles. The van der Waals surface area contributed by atoms with Gasteiger partial charge in [-0.3, -0.25) is 0 Å². The number of nitrogens with one attached hydrogen (secondary N) is 1. The summed E-state index contributed by atoms with van der Waals surface area (Å²) in [6, 6.07) is 9.44. The smallest absolute Gasteiger partial charge is 0.0208 e. The summed E-state index contributed by atoms with van der Waals surface area (Å²) in [5.41, 5.74) is 1.38. The SMILES string of the molecule is CCCC(C)Sc1cccc(CNC(C)C)c1. The molecule has 96 valence electrons. The number of benzene rings is 1. The molecule has 0 saturated carbocycles. The Bertz CT molecular complexity index is 322. The Morgan fingerprint density at radius 2 is 2.00 bits per heavy atom. The molecule has 1 N–H and O–H groups in total. The molecule has 0 bridgehead atoms. The van der Waals surface area contributed by atoms with Gasteiger partial charge in [0.25, 0.3) is 0 Å². The van der Waals surface area contributed by atoms with Crippen molar-refractivity contribution in [2.24, 2.45) is 0 Å². The maximum absolute atomic E-state index is 3.46. The molecule has 1 aromatic carbocycles. The molecule has 0 radical (unpaired) electrons. The van der Waals surface area contributed by atoms with Crippen molar-refractivity contribution in [2.45, 2.75) is 63.3 Å². The second-order valence-electron chi connectivity index (χ2n) is 4.90. The van der Waals surface area contributed by atoms with Crippen LogP contribution in [0.25, 0.3) is 0 Å². The Labute approximate surface area is 110 Å². The Hall–Kier alpha value is -0.470. The molecule has 0 heterocycles. The Morgan fingerprint density at radius 3 is 2.65 bits per heavy atom. The highest BCUT2D eigenvalue weighted by Gasteiger charge is 2.04. The van der Waals surface area contributed by atoms with E-state index >= 15 is 0 Å². The molecule has 1 rings (SSSR count). The lowest BCUT2D eigenvalue weighted by atomic mass is 10.2. The monoisotopic (exact) mass is 251 g/mol. The van der Waals surface area contributed by atoms with E-state index in [-0.39, 0.29) is 0 Å². The van der Waals surface area contributed by atoms with E-state index in [1.807, 2.05) is 11.8 Å². The van der Waals surface area contributed by atoms with Gasteiger partial charge in [0.05, 0.1) is 0 Å². The first-order chi connectivity index (χ1) is 8.11. The fourth-order valence-electron chi connectivity index (χ4n) is 1.75. The van der Waals surface area contributed by atoms with Gasteiger partial charge in [0, 0.05) is 22.7 Å². The Kier molecular flexibility index (Phi) is 6.68. The molecule has 0 fully saturated rings. The van der Waals surface area contributed by atoms with Crippen LogP contribution in [0.3, 0.4) is 0 Å². The minimum absolute atomic E-state index is 0.547. The van der Waals surface area contributed by atoms with Crippen molar-refractivity contribution in [3.63, 3.8) is 0 Å². The minimum Gasteiger partial charge on any atom is -0.310 e. The maximum atomic E-state index is 3.46. The summed E-state index contributed by atoms with van der Waals surface area (Å²) in [5.74, 6) is 0. The van der Waals surface area contributed by atoms with Gasteiger partial charge in [-0.15, -0.1) is 11.8 Å². The Balaban J connectivity index is 2.53. The van der Waals surface area contributed by atoms with E-state index in [4.69, 9.17) is 0 Å². The van der Waals surface area contributed by atoms with Crippen LogP contribution in [-0.4, -0.2) is 11.3 Å². The van der Waals surface area contributed by atoms with Crippen molar-refractivity contribution in [1.82, 2.24) is 5.32 Å². The molecule has 0 spiro atoms. The molecule has 1 aromatic rings. The summed E-state index contributed by atoms with van der Waals surface area (Å²) < 4.78 is 0. The fourth-order valence-corrected chi connectivity index (χ4v) is 2.94. The van der Waals surface area contributed by atoms with E-state index in [1.54, 1.807) is 0 Å². The molecule has 0 aromatic heterocycles. The zero-order chi connectivity index (χ0) is 12.7. The van der Waals surface area contributed by atoms with Crippen molar-refractivity contribution in [1.29, 1.82) is 0 Å². The number of hydrogen-bond donors (Lipinski definition) is 1. The van der Waals surface area contributed by atoms with E-state index in [2.05, 4.69) is 57.3 Å². The number of rotatable bonds is 7. The first-order valence-corrected chi connectivity index (χ1v) is 7.48. The van der Waals surface area contributed by atoms with Crippen LogP contribution in [0.1, 0.15) is 46.1 Å². The van der Waals surface area contributed by atoms with Crippen LogP contribution in [0, 0.1) is 0 Å². The molecular weight excluding hydrogens is 226 g/mol. The van der Waals surface area contributed by atoms with Gasteiger partial charge in [0.15, 0.2) is 0 Å². The average molecular weight is 251 g/mol. The first-order valence-electron chi connectivity index (χ1n) is 6.60. The highest BCUT2D eigenvalue weighted by atomic mass is 32.2. The lowest BCUT2D eigenvalue weighted by Crippen LogP contribution is -2.21. The highest BCUT2D eigenvalue weighted by Crippen LogP contribution is 2.26. The van der Waals surface area contributed by atoms with E-state index in [9.17, 15) is 0 Å². The van der Waals surface area contributed by atoms with Crippen LogP contribution in [0.2, 0.25) is 0 Å². The molecule has 1 unspecified atom stereocenters. The predicted octanol–water partition coefficient (Wildman–Crippen LogP) is 4.47. The molecule has 0 aliphatic heterocycles. The van der Waals surface area contributed by atoms with Gasteiger partial charge in [0.1, 0.15) is 0 Å². The summed E-state index contributed by atoms with van der Waals surface area (Å²) in [4.78, 5) is 1.40. The van der Waals surface area contributed by atoms with Crippen molar-refractivity contribution in [2.75, 3.05) is 0 Å². The molecule has 0 aliphatic rings. The van der Waals surface area contributed by atoms with Gasteiger partial charge in [-0.2, -0.15) is 0 Å². The van der Waals surface area contributed by atoms with Crippen molar-refractivity contribution in [3.8, 4) is 0 Å². The lowest BCUT2D eigenvalue weighted by Gasteiger charge is -2.12. The summed E-state index contributed by atoms with van der Waals surface area (Å²) in [7, 11) is 0. The molecule has 2 heteroatoms. The van der Waals surface area contributed by atoms with Crippen molar-refractivity contribution >= 4 is 11.8 Å². The standard InChI is InChI=1S/C15H25NS/c1-5-7-13(4)17-15-9-6-8-14(10-15)11-16-12(2)3/h6,8-10,12-13,16H,5,7,11H2,1-4H3. The lowest BCUT2D eigenvalue weighted by molar-refractivity contribution is 0.588. The molecule has 17 heavy (non-hydrogen) atoms. The molecule has 0 aliphatic carbocycles. The predicted molar refractivity (Wildman–Crippen MR) is 78.6 cm³/mol. The zero-order valence-electron chi connectivity index (χ0n) is 11.5. The second-order valence-corrected chi connectivity index (χ2v) is 6.41. The third kappa shape index (κ3) is 6.13. The summed E-state index contributed by atoms with van der Waals surface area (Å²) in [6.07, 6.45) is 2.56. The van der Waals surface area contributed by atoms with Gasteiger partial charge in [0.2, 0.25) is 0 Å². The topological polar surface area (TPSA) is 12.0 Å². The molecule has 1 atom stereocenters. The van der Waals surface area contributed by atoms with Crippen molar-refractivity contribution < 1.29 is 0 Å². The minimum atomic E-state index is 0.547. The van der Waals surface area contributed by atoms with Crippen LogP contribution in [0.15, 0.2) is 29.2 Å². The van der Waals surface area contributed by atoms with Crippen LogP contribution in [0.5, 0.6) is 0 Å². The molecule has 1 nitrogen and oxygen atoms in total. The largest absolute Gasteiger partial charge is 0.310 e. The van der Waals surface area contributed by atoms with Crippen molar-refractivity contribution in [3.05, 3.63) is 29.8 Å². The van der Waals surface area contributed by atoms with Gasteiger partial charge < -0.3 is 5.32 Å². The second kappa shape index (κ2) is 7.78. The molecule has 0 amide bonds. The molecular formula is C15H25NS. The summed E-state index contributed by atoms with van der Waals surface area (Å²) in [6.45, 7) is 9.89. The van der Waals surface area contributed by atoms with Crippen LogP contribution >= 0.6 is 11.8 Å². The Morgan fingerprint density at radius 1 is 1.24 bits per heavy atom. The van der Waals surface area contributed by atoms with Gasteiger partial charge in [-0.05, 0) is 24.1 Å². The number of hydrogen-bond acceptors (Lipinski definition) is 2. The summed E-state index contributed by atoms with van der Waals surface area (Å²) in [5, 5.41) is 4.17. The van der Waals surface area contributed by atoms with Crippen LogP contribution in [-0.2, 0) is 6.54 Å². The average Bonchev–Trinajstić information content (AvgIpc) is 2.27. The van der Waals surface area contributed by atoms with E-state index < -0.39 is 0 Å². The third-order valence-corrected chi connectivity index (χ3v) is 3.81. The fraction of sp³-hybridized carbons (Fsp3) is 0.600. The van der Waals surface area contributed by atoms with Gasteiger partial charge in [-0.1, -0.05) is 46.2 Å².